The minimum atomic E-state index is -0.863. The molecule has 0 saturated carbocycles. The van der Waals surface area contributed by atoms with Gasteiger partial charge in [-0.05, 0) is 29.7 Å². The van der Waals surface area contributed by atoms with Crippen molar-refractivity contribution in [1.29, 1.82) is 0 Å². The molecule has 0 heterocycles. The summed E-state index contributed by atoms with van der Waals surface area (Å²) in [6.07, 6.45) is 6.46. The molecule has 2 rings (SSSR count). The smallest absolute Gasteiger partial charge is 0.107 e. The molecule has 1 atom stereocenters. The van der Waals surface area contributed by atoms with E-state index in [2.05, 4.69) is 24.8 Å². The van der Waals surface area contributed by atoms with Gasteiger partial charge in [0, 0.05) is 6.42 Å². The third-order valence-corrected chi connectivity index (χ3v) is 3.02. The van der Waals surface area contributed by atoms with Gasteiger partial charge in [0.15, 0.2) is 0 Å². The van der Waals surface area contributed by atoms with E-state index in [1.807, 2.05) is 37.3 Å². The minimum Gasteiger partial charge on any atom is -0.381 e. The maximum Gasteiger partial charge on any atom is 0.107 e. The Balaban J connectivity index is 2.23. The Morgan fingerprint density at radius 1 is 1.31 bits per heavy atom. The van der Waals surface area contributed by atoms with Crippen LogP contribution in [0.3, 0.4) is 0 Å². The second-order valence-corrected chi connectivity index (χ2v) is 4.27. The van der Waals surface area contributed by atoms with Gasteiger partial charge in [-0.3, -0.25) is 0 Å². The molecule has 1 heteroatoms. The van der Waals surface area contributed by atoms with Crippen LogP contribution in [0.5, 0.6) is 0 Å². The van der Waals surface area contributed by atoms with Crippen LogP contribution in [0.1, 0.15) is 18.9 Å². The summed E-state index contributed by atoms with van der Waals surface area (Å²) in [6, 6.07) is 10.2. The third-order valence-electron chi connectivity index (χ3n) is 3.02. The Hall–Kier alpha value is -1.60. The van der Waals surface area contributed by atoms with E-state index in [0.717, 1.165) is 11.1 Å². The molecule has 0 bridgehead atoms. The molecule has 82 valence electrons. The summed E-state index contributed by atoms with van der Waals surface area (Å²) in [5.74, 6) is 0. The van der Waals surface area contributed by atoms with E-state index < -0.39 is 5.60 Å². The average molecular weight is 212 g/mol. The fraction of sp³-hybridized carbons (Fsp3) is 0.200. The average Bonchev–Trinajstić information content (AvgIpc) is 2.31. The Labute approximate surface area is 96.4 Å². The monoisotopic (exact) mass is 212 g/mol. The molecular weight excluding hydrogens is 196 g/mol. The zero-order valence-electron chi connectivity index (χ0n) is 9.48. The lowest BCUT2D eigenvalue weighted by Crippen LogP contribution is -2.27. The van der Waals surface area contributed by atoms with Crippen LogP contribution >= 0.6 is 0 Å². The summed E-state index contributed by atoms with van der Waals surface area (Å²) in [6.45, 7) is 5.67. The fourth-order valence-electron chi connectivity index (χ4n) is 1.79. The lowest BCUT2D eigenvalue weighted by atomic mass is 9.85. The van der Waals surface area contributed by atoms with Crippen LogP contribution in [0.15, 0.2) is 60.7 Å². The van der Waals surface area contributed by atoms with Gasteiger partial charge < -0.3 is 5.11 Å². The molecule has 16 heavy (non-hydrogen) atoms. The van der Waals surface area contributed by atoms with Crippen molar-refractivity contribution in [2.75, 3.05) is 0 Å². The van der Waals surface area contributed by atoms with E-state index in [0.29, 0.717) is 6.42 Å². The van der Waals surface area contributed by atoms with Crippen molar-refractivity contribution in [1.82, 2.24) is 0 Å². The van der Waals surface area contributed by atoms with Crippen molar-refractivity contribution in [3.63, 3.8) is 0 Å². The number of aliphatic hydroxyl groups is 1. The van der Waals surface area contributed by atoms with Crippen molar-refractivity contribution < 1.29 is 5.11 Å². The number of allylic oxidation sites excluding steroid dienone is 2. The molecular formula is C15H16O. The van der Waals surface area contributed by atoms with E-state index in [1.54, 1.807) is 0 Å². The van der Waals surface area contributed by atoms with Crippen molar-refractivity contribution in [3.05, 3.63) is 66.3 Å². The van der Waals surface area contributed by atoms with Crippen LogP contribution in [-0.4, -0.2) is 10.7 Å². The number of hydrogen-bond donors (Lipinski definition) is 1. The van der Waals surface area contributed by atoms with Gasteiger partial charge in [0.05, 0.1) is 0 Å². The molecule has 1 aromatic rings. The van der Waals surface area contributed by atoms with Crippen molar-refractivity contribution >= 4 is 5.57 Å². The van der Waals surface area contributed by atoms with E-state index in [4.69, 9.17) is 0 Å². The molecule has 0 saturated heterocycles. The summed E-state index contributed by atoms with van der Waals surface area (Å²) >= 11 is 0. The van der Waals surface area contributed by atoms with E-state index in [-0.39, 0.29) is 0 Å². The molecule has 1 N–H and O–H groups in total. The quantitative estimate of drug-likeness (QED) is 0.745. The van der Waals surface area contributed by atoms with Crippen molar-refractivity contribution in [2.45, 2.75) is 18.9 Å². The molecule has 0 aliphatic heterocycles. The largest absolute Gasteiger partial charge is 0.381 e. The van der Waals surface area contributed by atoms with Crippen LogP contribution in [-0.2, 0) is 0 Å². The molecule has 0 amide bonds. The first-order valence-electron chi connectivity index (χ1n) is 5.45. The summed E-state index contributed by atoms with van der Waals surface area (Å²) in [5.41, 5.74) is 2.26. The van der Waals surface area contributed by atoms with Crippen LogP contribution in [0.25, 0.3) is 5.57 Å². The third kappa shape index (κ3) is 2.00. The molecule has 1 aliphatic carbocycles. The lowest BCUT2D eigenvalue weighted by Gasteiger charge is -2.27. The Morgan fingerprint density at radius 3 is 2.50 bits per heavy atom. The topological polar surface area (TPSA) is 20.2 Å². The maximum absolute atomic E-state index is 10.2. The molecule has 0 radical (unpaired) electrons. The van der Waals surface area contributed by atoms with Gasteiger partial charge in [-0.15, -0.1) is 0 Å². The molecule has 1 aromatic carbocycles. The number of hydrogen-bond acceptors (Lipinski definition) is 1. The van der Waals surface area contributed by atoms with Crippen LogP contribution in [0.4, 0.5) is 0 Å². The maximum atomic E-state index is 10.2. The Morgan fingerprint density at radius 2 is 2.00 bits per heavy atom. The van der Waals surface area contributed by atoms with Gasteiger partial charge >= 0.3 is 0 Å². The summed E-state index contributed by atoms with van der Waals surface area (Å²) in [7, 11) is 0. The number of rotatable bonds is 2. The molecule has 1 aliphatic rings. The lowest BCUT2D eigenvalue weighted by molar-refractivity contribution is 0.133. The summed E-state index contributed by atoms with van der Waals surface area (Å²) in [5, 5.41) is 10.2. The zero-order chi connectivity index (χ0) is 11.6. The first-order chi connectivity index (χ1) is 7.62. The molecule has 0 spiro atoms. The summed E-state index contributed by atoms with van der Waals surface area (Å²) in [4.78, 5) is 0. The fourth-order valence-corrected chi connectivity index (χ4v) is 1.79. The Bertz CT molecular complexity index is 454. The van der Waals surface area contributed by atoms with Gasteiger partial charge in [-0.25, -0.2) is 0 Å². The predicted octanol–water partition coefficient (Wildman–Crippen LogP) is 3.34. The van der Waals surface area contributed by atoms with Gasteiger partial charge in [0.2, 0.25) is 0 Å². The van der Waals surface area contributed by atoms with E-state index in [1.165, 1.54) is 5.56 Å². The normalized spacial score (nSPS) is 24.0. The molecule has 0 aromatic heterocycles. The van der Waals surface area contributed by atoms with E-state index >= 15 is 0 Å². The molecule has 1 nitrogen and oxygen atoms in total. The summed E-state index contributed by atoms with van der Waals surface area (Å²) < 4.78 is 0. The standard InChI is InChI=1S/C15H16O/c1-12(2)15(16)10-8-14(9-11-15)13-6-4-3-5-7-13/h3-10,16H,1,11H2,2H3. The second kappa shape index (κ2) is 4.11. The van der Waals surface area contributed by atoms with Crippen molar-refractivity contribution in [3.8, 4) is 0 Å². The van der Waals surface area contributed by atoms with Gasteiger partial charge in [0.1, 0.15) is 5.60 Å². The Kier molecular flexibility index (Phi) is 2.80. The predicted molar refractivity (Wildman–Crippen MR) is 67.9 cm³/mol. The minimum absolute atomic E-state index is 0.600. The highest BCUT2D eigenvalue weighted by Crippen LogP contribution is 2.30. The van der Waals surface area contributed by atoms with Crippen LogP contribution in [0, 0.1) is 0 Å². The number of benzene rings is 1. The molecule has 1 unspecified atom stereocenters. The SMILES string of the molecule is C=C(C)C1(O)C=CC(c2ccccc2)=CC1. The van der Waals surface area contributed by atoms with Gasteiger partial charge in [-0.2, -0.15) is 0 Å². The van der Waals surface area contributed by atoms with Crippen molar-refractivity contribution in [2.24, 2.45) is 0 Å². The first kappa shape index (κ1) is 10.9. The zero-order valence-corrected chi connectivity index (χ0v) is 9.48. The second-order valence-electron chi connectivity index (χ2n) is 4.27. The highest BCUT2D eigenvalue weighted by atomic mass is 16.3. The first-order valence-corrected chi connectivity index (χ1v) is 5.45. The van der Waals surface area contributed by atoms with Crippen LogP contribution < -0.4 is 0 Å². The highest BCUT2D eigenvalue weighted by Gasteiger charge is 2.25. The van der Waals surface area contributed by atoms with Gasteiger partial charge in [0.25, 0.3) is 0 Å². The van der Waals surface area contributed by atoms with Gasteiger partial charge in [-0.1, -0.05) is 49.1 Å². The van der Waals surface area contributed by atoms with E-state index in [9.17, 15) is 5.11 Å². The molecule has 0 fully saturated rings. The highest BCUT2D eigenvalue weighted by molar-refractivity contribution is 5.75. The van der Waals surface area contributed by atoms with Crippen LogP contribution in [0.2, 0.25) is 0 Å².